The van der Waals surface area contributed by atoms with Crippen LogP contribution in [0.25, 0.3) is 0 Å². The van der Waals surface area contributed by atoms with Crippen molar-refractivity contribution < 1.29 is 14.5 Å². The normalized spacial score (nSPS) is 17.2. The van der Waals surface area contributed by atoms with E-state index in [2.05, 4.69) is 25.2 Å². The van der Waals surface area contributed by atoms with Crippen LogP contribution in [0, 0.1) is 0 Å². The summed E-state index contributed by atoms with van der Waals surface area (Å²) < 4.78 is 0. The van der Waals surface area contributed by atoms with Crippen LogP contribution < -0.4 is 10.2 Å². The summed E-state index contributed by atoms with van der Waals surface area (Å²) in [4.78, 5) is 27.1. The van der Waals surface area contributed by atoms with Gasteiger partial charge in [0, 0.05) is 12.6 Å². The number of carbonyl (C=O) groups excluding carboxylic acids is 2. The van der Waals surface area contributed by atoms with Crippen LogP contribution in [0.4, 0.5) is 5.69 Å². The average Bonchev–Trinajstić information content (AvgIpc) is 2.54. The SMILES string of the molecule is CC(=O)N1CC[NH+]([C@@H](C)C(=O)Nc2ccccc2C(C)C)CC1. The van der Waals surface area contributed by atoms with E-state index in [4.69, 9.17) is 0 Å². The fourth-order valence-electron chi connectivity index (χ4n) is 3.08. The highest BCUT2D eigenvalue weighted by Gasteiger charge is 2.30. The van der Waals surface area contributed by atoms with Gasteiger partial charge in [0.2, 0.25) is 5.91 Å². The van der Waals surface area contributed by atoms with Gasteiger partial charge in [-0.05, 0) is 24.5 Å². The van der Waals surface area contributed by atoms with Crippen molar-refractivity contribution in [1.82, 2.24) is 4.90 Å². The Bertz CT molecular complexity index is 563. The van der Waals surface area contributed by atoms with Crippen LogP contribution in [0.1, 0.15) is 39.2 Å². The number of quaternary nitrogens is 1. The number of nitrogens with zero attached hydrogens (tertiary/aromatic N) is 1. The zero-order chi connectivity index (χ0) is 17.0. The first-order valence-corrected chi connectivity index (χ1v) is 8.40. The molecule has 5 nitrogen and oxygen atoms in total. The molecule has 23 heavy (non-hydrogen) atoms. The average molecular weight is 318 g/mol. The number of amides is 2. The van der Waals surface area contributed by atoms with E-state index in [1.807, 2.05) is 30.0 Å². The Morgan fingerprint density at radius 2 is 1.74 bits per heavy atom. The summed E-state index contributed by atoms with van der Waals surface area (Å²) in [6.45, 7) is 10.9. The van der Waals surface area contributed by atoms with Crippen LogP contribution in [-0.2, 0) is 9.59 Å². The van der Waals surface area contributed by atoms with Gasteiger partial charge in [0.25, 0.3) is 5.91 Å². The summed E-state index contributed by atoms with van der Waals surface area (Å²) in [6.07, 6.45) is 0. The van der Waals surface area contributed by atoms with E-state index in [1.54, 1.807) is 6.92 Å². The number of hydrogen-bond acceptors (Lipinski definition) is 2. The predicted octanol–water partition coefficient (Wildman–Crippen LogP) is 0.884. The Balaban J connectivity index is 1.97. The van der Waals surface area contributed by atoms with Crippen LogP contribution in [0.15, 0.2) is 24.3 Å². The molecule has 2 rings (SSSR count). The van der Waals surface area contributed by atoms with Crippen LogP contribution in [0.2, 0.25) is 0 Å². The molecule has 0 aromatic heterocycles. The maximum Gasteiger partial charge on any atom is 0.282 e. The second-order valence-corrected chi connectivity index (χ2v) is 6.62. The van der Waals surface area contributed by atoms with E-state index >= 15 is 0 Å². The van der Waals surface area contributed by atoms with Gasteiger partial charge in [-0.25, -0.2) is 0 Å². The van der Waals surface area contributed by atoms with Crippen molar-refractivity contribution in [3.63, 3.8) is 0 Å². The molecule has 1 heterocycles. The second kappa shape index (κ2) is 7.59. The number of rotatable bonds is 4. The smallest absolute Gasteiger partial charge is 0.282 e. The van der Waals surface area contributed by atoms with E-state index in [0.29, 0.717) is 5.92 Å². The van der Waals surface area contributed by atoms with Gasteiger partial charge in [-0.1, -0.05) is 32.0 Å². The number of para-hydroxylation sites is 1. The Hall–Kier alpha value is -1.88. The first-order valence-electron chi connectivity index (χ1n) is 8.40. The molecule has 1 fully saturated rings. The predicted molar refractivity (Wildman–Crippen MR) is 91.6 cm³/mol. The van der Waals surface area contributed by atoms with Crippen LogP contribution in [0.5, 0.6) is 0 Å². The molecule has 0 saturated carbocycles. The molecular formula is C18H28N3O2+. The Morgan fingerprint density at radius 3 is 2.30 bits per heavy atom. The summed E-state index contributed by atoms with van der Waals surface area (Å²) in [6, 6.07) is 7.85. The number of piperazine rings is 1. The quantitative estimate of drug-likeness (QED) is 0.866. The third-order valence-electron chi connectivity index (χ3n) is 4.70. The fourth-order valence-corrected chi connectivity index (χ4v) is 3.08. The molecule has 2 N–H and O–H groups in total. The van der Waals surface area contributed by atoms with Crippen LogP contribution in [0.3, 0.4) is 0 Å². The lowest BCUT2D eigenvalue weighted by Crippen LogP contribution is -3.19. The van der Waals surface area contributed by atoms with Crippen molar-refractivity contribution in [2.45, 2.75) is 39.7 Å². The van der Waals surface area contributed by atoms with E-state index in [1.165, 1.54) is 4.90 Å². The van der Waals surface area contributed by atoms with Crippen LogP contribution >= 0.6 is 0 Å². The Labute approximate surface area is 138 Å². The van der Waals surface area contributed by atoms with Gasteiger partial charge in [-0.2, -0.15) is 0 Å². The summed E-state index contributed by atoms with van der Waals surface area (Å²) in [5.74, 6) is 0.532. The van der Waals surface area contributed by atoms with Crippen molar-refractivity contribution in [1.29, 1.82) is 0 Å². The minimum atomic E-state index is -0.121. The fraction of sp³-hybridized carbons (Fsp3) is 0.556. The Morgan fingerprint density at radius 1 is 1.13 bits per heavy atom. The monoisotopic (exact) mass is 318 g/mol. The third kappa shape index (κ3) is 4.32. The topological polar surface area (TPSA) is 53.9 Å². The molecule has 1 saturated heterocycles. The van der Waals surface area contributed by atoms with Gasteiger partial charge in [-0.3, -0.25) is 9.59 Å². The zero-order valence-corrected chi connectivity index (χ0v) is 14.6. The summed E-state index contributed by atoms with van der Waals surface area (Å²) in [5, 5.41) is 3.08. The molecule has 126 valence electrons. The highest BCUT2D eigenvalue weighted by molar-refractivity contribution is 5.94. The highest BCUT2D eigenvalue weighted by atomic mass is 16.2. The van der Waals surface area contributed by atoms with Gasteiger partial charge in [0.15, 0.2) is 6.04 Å². The third-order valence-corrected chi connectivity index (χ3v) is 4.70. The minimum absolute atomic E-state index is 0.0457. The first kappa shape index (κ1) is 17.5. The van der Waals surface area contributed by atoms with E-state index < -0.39 is 0 Å². The first-order chi connectivity index (χ1) is 10.9. The molecule has 1 atom stereocenters. The molecule has 1 aromatic carbocycles. The minimum Gasteiger partial charge on any atom is -0.332 e. The standard InChI is InChI=1S/C18H27N3O2/c1-13(2)16-7-5-6-8-17(16)19-18(23)14(3)20-9-11-21(12-10-20)15(4)22/h5-8,13-14H,9-12H2,1-4H3,(H,19,23)/p+1/t14-/m0/s1. The van der Waals surface area contributed by atoms with Crippen LogP contribution in [-0.4, -0.2) is 48.9 Å². The molecule has 1 aliphatic heterocycles. The molecule has 1 aliphatic rings. The molecule has 1 aromatic rings. The van der Waals surface area contributed by atoms with Gasteiger partial charge in [-0.15, -0.1) is 0 Å². The maximum atomic E-state index is 12.6. The lowest BCUT2D eigenvalue weighted by atomic mass is 10.0. The molecule has 2 amide bonds. The molecule has 5 heteroatoms. The number of hydrogen-bond donors (Lipinski definition) is 2. The van der Waals surface area contributed by atoms with Crippen molar-refractivity contribution >= 4 is 17.5 Å². The van der Waals surface area contributed by atoms with Crippen molar-refractivity contribution in [3.8, 4) is 0 Å². The zero-order valence-electron chi connectivity index (χ0n) is 14.6. The van der Waals surface area contributed by atoms with Crippen molar-refractivity contribution in [3.05, 3.63) is 29.8 Å². The summed E-state index contributed by atoms with van der Waals surface area (Å²) >= 11 is 0. The van der Waals surface area contributed by atoms with Gasteiger partial charge >= 0.3 is 0 Å². The van der Waals surface area contributed by atoms with Gasteiger partial charge < -0.3 is 15.1 Å². The molecule has 0 aliphatic carbocycles. The van der Waals surface area contributed by atoms with Crippen molar-refractivity contribution in [2.75, 3.05) is 31.5 Å². The largest absolute Gasteiger partial charge is 0.332 e. The molecule has 0 spiro atoms. The van der Waals surface area contributed by atoms with E-state index in [-0.39, 0.29) is 17.9 Å². The highest BCUT2D eigenvalue weighted by Crippen LogP contribution is 2.23. The molecule has 0 radical (unpaired) electrons. The number of carbonyl (C=O) groups is 2. The second-order valence-electron chi connectivity index (χ2n) is 6.62. The lowest BCUT2D eigenvalue weighted by molar-refractivity contribution is -0.917. The summed E-state index contributed by atoms with van der Waals surface area (Å²) in [5.41, 5.74) is 2.06. The Kier molecular flexibility index (Phi) is 5.77. The van der Waals surface area contributed by atoms with E-state index in [0.717, 1.165) is 37.4 Å². The molecule has 0 unspecified atom stereocenters. The maximum absolute atomic E-state index is 12.6. The van der Waals surface area contributed by atoms with Crippen molar-refractivity contribution in [2.24, 2.45) is 0 Å². The number of nitrogens with one attached hydrogen (secondary N) is 2. The number of benzene rings is 1. The van der Waals surface area contributed by atoms with Gasteiger partial charge in [0.1, 0.15) is 0 Å². The number of anilines is 1. The summed E-state index contributed by atoms with van der Waals surface area (Å²) in [7, 11) is 0. The lowest BCUT2D eigenvalue weighted by Gasteiger charge is -2.34. The van der Waals surface area contributed by atoms with Gasteiger partial charge in [0.05, 0.1) is 26.2 Å². The van der Waals surface area contributed by atoms with E-state index in [9.17, 15) is 9.59 Å². The molecule has 0 bridgehead atoms. The molecular weight excluding hydrogens is 290 g/mol.